The van der Waals surface area contributed by atoms with Gasteiger partial charge in [-0.3, -0.25) is 0 Å². The molecule has 0 radical (unpaired) electrons. The summed E-state index contributed by atoms with van der Waals surface area (Å²) < 4.78 is 0. The van der Waals surface area contributed by atoms with E-state index in [1.54, 1.807) is 0 Å². The molecule has 0 atom stereocenters. The predicted molar refractivity (Wildman–Crippen MR) is 26.4 cm³/mol. The predicted octanol–water partition coefficient (Wildman–Crippen LogP) is -7.55. The molecule has 0 saturated heterocycles. The first-order valence-electron chi connectivity index (χ1n) is 0.651. The van der Waals surface area contributed by atoms with E-state index in [1.165, 1.54) is 0 Å². The smallest absolute Gasteiger partial charge is 1.00 e. The average Bonchev–Trinajstić information content (AvgIpc) is 0.811. The van der Waals surface area contributed by atoms with Crippen LogP contribution in [0.5, 0.6) is 0 Å². The molecule has 0 rings (SSSR count). The van der Waals surface area contributed by atoms with Gasteiger partial charge in [0.05, 0.1) is 0 Å². The second kappa shape index (κ2) is 23.8. The van der Waals surface area contributed by atoms with E-state index in [0.717, 1.165) is 0 Å². The molecule has 0 saturated carbocycles. The summed E-state index contributed by atoms with van der Waals surface area (Å²) in [6, 6.07) is 0. The minimum absolute atomic E-state index is 0. The van der Waals surface area contributed by atoms with Crippen LogP contribution < -0.4 is 48.4 Å². The molecular weight excluding hydrogens is 133 g/mol. The summed E-state index contributed by atoms with van der Waals surface area (Å²) >= 11 is 0. The minimum atomic E-state index is -1.83. The number of carbonyl (C=O) groups is 1. The van der Waals surface area contributed by atoms with Gasteiger partial charge in [0.2, 0.25) is 0 Å². The van der Waals surface area contributed by atoms with Crippen LogP contribution in [0.1, 0.15) is 2.85 Å². The monoisotopic (exact) mass is 142 g/mol. The van der Waals surface area contributed by atoms with Gasteiger partial charge in [-0.05, 0) is 0 Å². The van der Waals surface area contributed by atoms with Gasteiger partial charge in [-0.1, -0.05) is 0 Å². The Bertz CT molecular complexity index is 46.2. The van der Waals surface area contributed by atoms with Crippen molar-refractivity contribution in [1.82, 2.24) is 0 Å². The molecule has 0 aliphatic rings. The summed E-state index contributed by atoms with van der Waals surface area (Å²) in [4.78, 5) is 8.56. The third kappa shape index (κ3) is 161. The van der Waals surface area contributed by atoms with Gasteiger partial charge in [-0.15, -0.1) is 0 Å². The molecule has 8 heavy (non-hydrogen) atoms. The fraction of sp³-hybridized carbons (Fsp3) is 0. The number of hydrogen-bond acceptors (Lipinski definition) is 1. The number of rotatable bonds is 0. The zero-order chi connectivity index (χ0) is 3.58. The molecule has 0 aromatic carbocycles. The van der Waals surface area contributed by atoms with Gasteiger partial charge in [-0.2, -0.15) is 0 Å². The molecule has 0 aliphatic carbocycles. The molecule has 0 aromatic rings. The molecule has 4 nitrogen and oxygen atoms in total. The molecule has 0 amide bonds. The second-order valence-corrected chi connectivity index (χ2v) is 0.283. The van der Waals surface area contributed by atoms with E-state index in [-0.39, 0.29) is 74.1 Å². The Labute approximate surface area is 94.5 Å². The Hall–Kier alpha value is 1.36. The quantitative estimate of drug-likeness (QED) is 0.329. The van der Waals surface area contributed by atoms with Crippen molar-refractivity contribution in [2.75, 3.05) is 0 Å². The van der Waals surface area contributed by atoms with Crippen LogP contribution in [-0.4, -0.2) is 39.2 Å². The largest absolute Gasteiger partial charge is 1.00 e. The van der Waals surface area contributed by atoms with Gasteiger partial charge in [0.15, 0.2) is 17.4 Å². The maximum atomic E-state index is 8.56. The van der Waals surface area contributed by atoms with E-state index in [9.17, 15) is 0 Å². The molecule has 4 N–H and O–H groups in total. The molecule has 0 fully saturated rings. The molecule has 0 bridgehead atoms. The zero-order valence-electron chi connectivity index (χ0n) is 6.30. The van der Waals surface area contributed by atoms with Crippen LogP contribution in [0.25, 0.3) is 0 Å². The Morgan fingerprint density at radius 3 is 1.38 bits per heavy atom. The van der Waals surface area contributed by atoms with Gasteiger partial charge in [0, 0.05) is 0 Å². The van der Waals surface area contributed by atoms with Gasteiger partial charge >= 0.3 is 54.6 Å². The average molecular weight is 142 g/mol. The van der Waals surface area contributed by atoms with E-state index in [4.69, 9.17) is 15.0 Å². The third-order valence-corrected chi connectivity index (χ3v) is 0. The zero-order valence-corrected chi connectivity index (χ0v) is 6.30. The van der Waals surface area contributed by atoms with Crippen molar-refractivity contribution in [2.24, 2.45) is 0 Å². The molecule has 0 heterocycles. The number of hydrogen-bond donors (Lipinski definition) is 2. The maximum absolute atomic E-state index is 8.56. The second-order valence-electron chi connectivity index (χ2n) is 0.283. The molecule has 0 aliphatic heterocycles. The first-order chi connectivity index (χ1) is 1.73. The fourth-order valence-corrected chi connectivity index (χ4v) is 0. The van der Waals surface area contributed by atoms with E-state index < -0.39 is 6.16 Å². The van der Waals surface area contributed by atoms with Crippen molar-refractivity contribution in [2.45, 2.75) is 0 Å². The summed E-state index contributed by atoms with van der Waals surface area (Å²) in [5.74, 6) is 0. The van der Waals surface area contributed by atoms with Crippen LogP contribution in [0.3, 0.4) is 0 Å². The first kappa shape index (κ1) is 34.4. The normalized spacial score (nSPS) is 3.00. The standard InChI is InChI=1S/CH2O3.Al.Li.Na.H2O.5H/c2-1(3)4;;;;;;;;;/h(H2,2,3,4);;;;1H2;;;;;/q;;2*+1;;;;;2*-1. The summed E-state index contributed by atoms with van der Waals surface area (Å²) in [6.45, 7) is 0. The SMILES string of the molecule is O.O=C(O)O.[AlH3].[H-].[H-].[Li+].[Na+]. The van der Waals surface area contributed by atoms with Crippen LogP contribution in [0.4, 0.5) is 4.79 Å². The maximum Gasteiger partial charge on any atom is 1.00 e. The van der Waals surface area contributed by atoms with Crippen molar-refractivity contribution >= 4 is 23.5 Å². The van der Waals surface area contributed by atoms with Crippen LogP contribution in [0.15, 0.2) is 0 Å². The number of carboxylic acid groups (broad SMARTS) is 2. The molecule has 42 valence electrons. The Kier molecular flexibility index (Phi) is 102. The Balaban J connectivity index is -0.00000000300. The van der Waals surface area contributed by atoms with Gasteiger partial charge in [0.1, 0.15) is 0 Å². The van der Waals surface area contributed by atoms with E-state index in [2.05, 4.69) is 0 Å². The van der Waals surface area contributed by atoms with Gasteiger partial charge in [-0.25, -0.2) is 4.79 Å². The topological polar surface area (TPSA) is 89.0 Å². The molecule has 0 spiro atoms. The first-order valence-corrected chi connectivity index (χ1v) is 0.651. The van der Waals surface area contributed by atoms with Crippen molar-refractivity contribution in [3.05, 3.63) is 0 Å². The summed E-state index contributed by atoms with van der Waals surface area (Å²) in [6.07, 6.45) is -1.83. The van der Waals surface area contributed by atoms with E-state index in [1.807, 2.05) is 0 Å². The van der Waals surface area contributed by atoms with Crippen molar-refractivity contribution in [3.8, 4) is 0 Å². The minimum Gasteiger partial charge on any atom is -1.00 e. The summed E-state index contributed by atoms with van der Waals surface area (Å²) in [5, 5.41) is 13.9. The molecule has 0 unspecified atom stereocenters. The summed E-state index contributed by atoms with van der Waals surface area (Å²) in [5.41, 5.74) is 0. The molecule has 7 heteroatoms. The van der Waals surface area contributed by atoms with Crippen molar-refractivity contribution in [1.29, 1.82) is 0 Å². The third-order valence-electron chi connectivity index (χ3n) is 0. The van der Waals surface area contributed by atoms with E-state index >= 15 is 0 Å². The van der Waals surface area contributed by atoms with Crippen molar-refractivity contribution < 1.29 is 71.8 Å². The van der Waals surface area contributed by atoms with Crippen LogP contribution in [0, 0.1) is 0 Å². The van der Waals surface area contributed by atoms with Crippen LogP contribution in [-0.2, 0) is 0 Å². The van der Waals surface area contributed by atoms with Gasteiger partial charge < -0.3 is 18.5 Å². The Morgan fingerprint density at radius 1 is 1.38 bits per heavy atom. The van der Waals surface area contributed by atoms with Gasteiger partial charge in [0.25, 0.3) is 0 Å². The van der Waals surface area contributed by atoms with Crippen LogP contribution >= 0.6 is 0 Å². The van der Waals surface area contributed by atoms with Crippen molar-refractivity contribution in [3.63, 3.8) is 0 Å². The fourth-order valence-electron chi connectivity index (χ4n) is 0. The molecule has 0 aromatic heterocycles. The van der Waals surface area contributed by atoms with E-state index in [0.29, 0.717) is 0 Å². The van der Waals surface area contributed by atoms with Crippen LogP contribution in [0.2, 0.25) is 0 Å². The summed E-state index contributed by atoms with van der Waals surface area (Å²) in [7, 11) is 0. The Morgan fingerprint density at radius 2 is 1.38 bits per heavy atom. The molecular formula is CH9AlLiNaO4.